The van der Waals surface area contributed by atoms with E-state index in [0.29, 0.717) is 12.3 Å². The molecule has 0 aromatic heterocycles. The van der Waals surface area contributed by atoms with Crippen molar-refractivity contribution in [2.45, 2.75) is 19.8 Å². The number of halogens is 1. The van der Waals surface area contributed by atoms with Gasteiger partial charge in [-0.2, -0.15) is 0 Å². The second-order valence-electron chi connectivity index (χ2n) is 4.78. The van der Waals surface area contributed by atoms with Gasteiger partial charge in [0.05, 0.1) is 5.75 Å². The summed E-state index contributed by atoms with van der Waals surface area (Å²) in [6, 6.07) is 7.75. The van der Waals surface area contributed by atoms with E-state index in [-0.39, 0.29) is 11.5 Å². The molecule has 1 atom stereocenters. The summed E-state index contributed by atoms with van der Waals surface area (Å²) in [6.45, 7) is 2.51. The van der Waals surface area contributed by atoms with Gasteiger partial charge in [0.1, 0.15) is 9.84 Å². The molecule has 19 heavy (non-hydrogen) atoms. The molecule has 1 rings (SSSR count). The minimum absolute atomic E-state index is 0.219. The van der Waals surface area contributed by atoms with Gasteiger partial charge in [0.15, 0.2) is 0 Å². The highest BCUT2D eigenvalue weighted by atomic mass is 35.5. The average Bonchev–Trinajstić information content (AvgIpc) is 2.36. The first-order valence-corrected chi connectivity index (χ1v) is 8.76. The van der Waals surface area contributed by atoms with Crippen LogP contribution in [0.4, 0.5) is 0 Å². The molecule has 3 nitrogen and oxygen atoms in total. The highest BCUT2D eigenvalue weighted by Gasteiger charge is 2.14. The molecule has 0 amide bonds. The van der Waals surface area contributed by atoms with Gasteiger partial charge in [0.2, 0.25) is 0 Å². The summed E-state index contributed by atoms with van der Waals surface area (Å²) in [4.78, 5) is 0. The van der Waals surface area contributed by atoms with Crippen LogP contribution in [-0.4, -0.2) is 33.5 Å². The van der Waals surface area contributed by atoms with Gasteiger partial charge in [-0.3, -0.25) is 0 Å². The van der Waals surface area contributed by atoms with E-state index >= 15 is 0 Å². The van der Waals surface area contributed by atoms with Crippen molar-refractivity contribution < 1.29 is 8.42 Å². The summed E-state index contributed by atoms with van der Waals surface area (Å²) < 4.78 is 23.1. The smallest absolute Gasteiger partial charge is 0.150 e. The number of hydrogen-bond donors (Lipinski definition) is 1. The minimum Gasteiger partial charge on any atom is -0.319 e. The SMILES string of the molecule is CCS(=O)(=O)CCC(CNC)Cc1cccc(Cl)c1. The van der Waals surface area contributed by atoms with Crippen LogP contribution in [0.15, 0.2) is 24.3 Å². The monoisotopic (exact) mass is 303 g/mol. The Morgan fingerprint density at radius 2 is 2.11 bits per heavy atom. The molecule has 0 spiro atoms. The molecule has 0 aliphatic rings. The molecule has 0 fully saturated rings. The molecule has 1 unspecified atom stereocenters. The number of benzene rings is 1. The molecule has 0 saturated heterocycles. The third kappa shape index (κ3) is 6.41. The quantitative estimate of drug-likeness (QED) is 0.803. The molecule has 0 bridgehead atoms. The molecule has 1 aromatic rings. The first kappa shape index (κ1) is 16.5. The number of rotatable bonds is 8. The van der Waals surface area contributed by atoms with Crippen molar-refractivity contribution in [3.05, 3.63) is 34.9 Å². The summed E-state index contributed by atoms with van der Waals surface area (Å²) >= 11 is 5.97. The van der Waals surface area contributed by atoms with Gasteiger partial charge in [0.25, 0.3) is 0 Å². The van der Waals surface area contributed by atoms with Crippen LogP contribution in [0, 0.1) is 5.92 Å². The molecule has 108 valence electrons. The Morgan fingerprint density at radius 3 is 2.68 bits per heavy atom. The number of nitrogens with one attached hydrogen (secondary N) is 1. The van der Waals surface area contributed by atoms with Crippen molar-refractivity contribution in [3.63, 3.8) is 0 Å². The topological polar surface area (TPSA) is 46.2 Å². The van der Waals surface area contributed by atoms with Gasteiger partial charge in [-0.15, -0.1) is 0 Å². The standard InChI is InChI=1S/C14H22ClNO2S/c1-3-19(17,18)8-7-13(11-16-2)9-12-5-4-6-14(15)10-12/h4-6,10,13,16H,3,7-9,11H2,1-2H3. The van der Waals surface area contributed by atoms with Crippen LogP contribution in [0.3, 0.4) is 0 Å². The first-order valence-electron chi connectivity index (χ1n) is 6.56. The lowest BCUT2D eigenvalue weighted by Crippen LogP contribution is -2.24. The highest BCUT2D eigenvalue weighted by Crippen LogP contribution is 2.17. The minimum atomic E-state index is -2.89. The van der Waals surface area contributed by atoms with E-state index in [0.717, 1.165) is 23.6 Å². The molecular weight excluding hydrogens is 282 g/mol. The lowest BCUT2D eigenvalue weighted by molar-refractivity contribution is 0.478. The van der Waals surface area contributed by atoms with Gasteiger partial charge in [0, 0.05) is 10.8 Å². The van der Waals surface area contributed by atoms with Crippen LogP contribution in [0.25, 0.3) is 0 Å². The molecule has 0 radical (unpaired) electrons. The van der Waals surface area contributed by atoms with Gasteiger partial charge in [-0.1, -0.05) is 30.7 Å². The summed E-state index contributed by atoms with van der Waals surface area (Å²) in [5, 5.41) is 3.85. The summed E-state index contributed by atoms with van der Waals surface area (Å²) in [6.07, 6.45) is 1.53. The van der Waals surface area contributed by atoms with E-state index < -0.39 is 9.84 Å². The van der Waals surface area contributed by atoms with E-state index in [1.807, 2.05) is 31.3 Å². The highest BCUT2D eigenvalue weighted by molar-refractivity contribution is 7.91. The van der Waals surface area contributed by atoms with Crippen LogP contribution < -0.4 is 5.32 Å². The van der Waals surface area contributed by atoms with E-state index in [1.54, 1.807) is 6.92 Å². The molecule has 1 aromatic carbocycles. The molecule has 0 saturated carbocycles. The fourth-order valence-electron chi connectivity index (χ4n) is 2.05. The van der Waals surface area contributed by atoms with Crippen LogP contribution in [0.5, 0.6) is 0 Å². The fourth-order valence-corrected chi connectivity index (χ4v) is 3.25. The summed E-state index contributed by atoms with van der Waals surface area (Å²) in [5.41, 5.74) is 1.15. The molecule has 0 aliphatic carbocycles. The Bertz CT molecular complexity index is 488. The van der Waals surface area contributed by atoms with Crippen molar-refractivity contribution >= 4 is 21.4 Å². The Morgan fingerprint density at radius 1 is 1.37 bits per heavy atom. The van der Waals surface area contributed by atoms with Crippen molar-refractivity contribution in [2.75, 3.05) is 25.1 Å². The molecule has 0 aliphatic heterocycles. The Balaban J connectivity index is 2.62. The van der Waals surface area contributed by atoms with Gasteiger partial charge >= 0.3 is 0 Å². The van der Waals surface area contributed by atoms with E-state index in [4.69, 9.17) is 11.6 Å². The summed E-state index contributed by atoms with van der Waals surface area (Å²) in [7, 11) is -0.999. The normalized spacial score (nSPS) is 13.4. The van der Waals surface area contributed by atoms with Crippen LogP contribution in [0.1, 0.15) is 18.9 Å². The van der Waals surface area contributed by atoms with E-state index in [9.17, 15) is 8.42 Å². The first-order chi connectivity index (χ1) is 8.96. The predicted molar refractivity (Wildman–Crippen MR) is 81.5 cm³/mol. The van der Waals surface area contributed by atoms with Crippen LogP contribution in [0.2, 0.25) is 5.02 Å². The predicted octanol–water partition coefficient (Wildman–Crippen LogP) is 2.54. The maximum atomic E-state index is 11.6. The number of hydrogen-bond acceptors (Lipinski definition) is 3. The maximum Gasteiger partial charge on any atom is 0.150 e. The fraction of sp³-hybridized carbons (Fsp3) is 0.571. The lowest BCUT2D eigenvalue weighted by Gasteiger charge is -2.16. The lowest BCUT2D eigenvalue weighted by atomic mass is 9.97. The molecule has 5 heteroatoms. The van der Waals surface area contributed by atoms with Gasteiger partial charge in [-0.25, -0.2) is 8.42 Å². The zero-order valence-electron chi connectivity index (χ0n) is 11.5. The molecule has 0 heterocycles. The van der Waals surface area contributed by atoms with E-state index in [1.165, 1.54) is 0 Å². The van der Waals surface area contributed by atoms with Crippen molar-refractivity contribution in [1.29, 1.82) is 0 Å². The Hall–Kier alpha value is -0.580. The maximum absolute atomic E-state index is 11.6. The Kier molecular flexibility index (Phi) is 6.83. The molecule has 1 N–H and O–H groups in total. The zero-order chi connectivity index (χ0) is 14.3. The van der Waals surface area contributed by atoms with Crippen LogP contribution >= 0.6 is 11.6 Å². The largest absolute Gasteiger partial charge is 0.319 e. The third-order valence-corrected chi connectivity index (χ3v) is 5.16. The second kappa shape index (κ2) is 7.88. The second-order valence-corrected chi connectivity index (χ2v) is 7.69. The van der Waals surface area contributed by atoms with Crippen molar-refractivity contribution in [3.8, 4) is 0 Å². The van der Waals surface area contributed by atoms with E-state index in [2.05, 4.69) is 5.32 Å². The summed E-state index contributed by atoms with van der Waals surface area (Å²) in [5.74, 6) is 0.789. The number of sulfone groups is 1. The Labute approximate surface area is 121 Å². The average molecular weight is 304 g/mol. The van der Waals surface area contributed by atoms with Gasteiger partial charge < -0.3 is 5.32 Å². The third-order valence-electron chi connectivity index (χ3n) is 3.18. The van der Waals surface area contributed by atoms with Gasteiger partial charge in [-0.05, 0) is 50.0 Å². The zero-order valence-corrected chi connectivity index (χ0v) is 13.1. The van der Waals surface area contributed by atoms with Crippen LogP contribution in [-0.2, 0) is 16.3 Å². The van der Waals surface area contributed by atoms with Crippen molar-refractivity contribution in [1.82, 2.24) is 5.32 Å². The molecular formula is C14H22ClNO2S. The van der Waals surface area contributed by atoms with Crippen molar-refractivity contribution in [2.24, 2.45) is 5.92 Å².